The number of para-hydroxylation sites is 2. The van der Waals surface area contributed by atoms with Crippen molar-refractivity contribution in [3.8, 4) is 11.5 Å². The van der Waals surface area contributed by atoms with Gasteiger partial charge in [0, 0.05) is 11.1 Å². The number of amidine groups is 2. The van der Waals surface area contributed by atoms with Crippen LogP contribution >= 0.6 is 0 Å². The Hall–Kier alpha value is -7.31. The van der Waals surface area contributed by atoms with E-state index in [-0.39, 0.29) is 68.2 Å². The number of phenolic OH excluding ortho intramolecular Hbond substituents is 2. The van der Waals surface area contributed by atoms with E-state index < -0.39 is 27.0 Å². The molecule has 0 aromatic heterocycles. The van der Waals surface area contributed by atoms with Gasteiger partial charge < -0.3 is 20.4 Å². The van der Waals surface area contributed by atoms with Crippen LogP contribution in [0.3, 0.4) is 0 Å². The van der Waals surface area contributed by atoms with Crippen molar-refractivity contribution in [1.82, 2.24) is 0 Å². The minimum atomic E-state index is -4.95. The number of nitrogens with one attached hydrogen (secondary N) is 2. The summed E-state index contributed by atoms with van der Waals surface area (Å²) in [5, 5.41) is 63.4. The summed E-state index contributed by atoms with van der Waals surface area (Å²) in [6.45, 7) is 0. The molecule has 52 heavy (non-hydrogen) atoms. The molecule has 0 saturated heterocycles. The lowest BCUT2D eigenvalue weighted by Crippen LogP contribution is -2.05. The standard InChI is InChI=1S/C34H26N8O9S/c43-23-9-5-7-20(17-23)31(40-36-27-13-3-1-11-25(27)33(45)46)39-35-22-15-16-29(30(19-22)52(49,50)51)38-42-32(21-8-6-10-24(44)18-21)41-37-28-14-4-2-12-26(28)34(47)48/h1-19,36-37,43-44H,(H,45,46)(H,47,48)(H,49,50,51)/b39-35?,40-31+,41-32+,42-38?. The zero-order valence-electron chi connectivity index (χ0n) is 26.4. The predicted octanol–water partition coefficient (Wildman–Crippen LogP) is 6.86. The lowest BCUT2D eigenvalue weighted by Gasteiger charge is -2.07. The second-order valence-corrected chi connectivity index (χ2v) is 11.8. The fraction of sp³-hybridized carbons (Fsp3) is 0. The van der Waals surface area contributed by atoms with Gasteiger partial charge in [-0.1, -0.05) is 48.5 Å². The summed E-state index contributed by atoms with van der Waals surface area (Å²) in [5.41, 5.74) is 5.26. The van der Waals surface area contributed by atoms with Gasteiger partial charge in [-0.2, -0.15) is 18.6 Å². The monoisotopic (exact) mass is 722 g/mol. The van der Waals surface area contributed by atoms with Crippen LogP contribution in [0.15, 0.2) is 151 Å². The number of carboxylic acid groups (broad SMARTS) is 2. The highest BCUT2D eigenvalue weighted by atomic mass is 32.2. The van der Waals surface area contributed by atoms with Crippen LogP contribution in [0.4, 0.5) is 22.7 Å². The molecule has 0 aliphatic heterocycles. The Morgan fingerprint density at radius 3 is 1.52 bits per heavy atom. The topological polar surface area (TPSA) is 268 Å². The second kappa shape index (κ2) is 15.9. The van der Waals surface area contributed by atoms with Crippen molar-refractivity contribution in [3.05, 3.63) is 138 Å². The van der Waals surface area contributed by atoms with E-state index in [1.807, 2.05) is 0 Å². The van der Waals surface area contributed by atoms with Crippen molar-refractivity contribution in [1.29, 1.82) is 0 Å². The largest absolute Gasteiger partial charge is 0.508 e. The van der Waals surface area contributed by atoms with Gasteiger partial charge in [0.05, 0.1) is 28.2 Å². The number of carbonyl (C=O) groups is 2. The molecule has 5 aromatic carbocycles. The SMILES string of the molecule is O=C(O)c1ccccc1N/N=C(/N=Nc1ccc(N=N/C(=N/Nc2ccccc2C(=O)O)c2cccc(O)c2)c(S(=O)(=O)O)c1)c1cccc(O)c1. The highest BCUT2D eigenvalue weighted by molar-refractivity contribution is 7.86. The van der Waals surface area contributed by atoms with Crippen LogP contribution in [-0.2, 0) is 10.1 Å². The average molecular weight is 723 g/mol. The van der Waals surface area contributed by atoms with Crippen LogP contribution in [0.25, 0.3) is 0 Å². The zero-order valence-corrected chi connectivity index (χ0v) is 27.2. The molecule has 0 aliphatic rings. The first-order chi connectivity index (χ1) is 24.9. The number of azo groups is 2. The van der Waals surface area contributed by atoms with Gasteiger partial charge in [-0.15, -0.1) is 20.5 Å². The van der Waals surface area contributed by atoms with Crippen molar-refractivity contribution in [2.24, 2.45) is 30.7 Å². The van der Waals surface area contributed by atoms with E-state index in [1.54, 1.807) is 12.1 Å². The number of anilines is 2. The number of carboxylic acids is 2. The predicted molar refractivity (Wildman–Crippen MR) is 189 cm³/mol. The smallest absolute Gasteiger partial charge is 0.337 e. The first-order valence-corrected chi connectivity index (χ1v) is 16.2. The summed E-state index contributed by atoms with van der Waals surface area (Å²) in [5.74, 6) is -3.08. The Morgan fingerprint density at radius 2 is 1.06 bits per heavy atom. The summed E-state index contributed by atoms with van der Waals surface area (Å²) in [7, 11) is -4.95. The number of hydrazone groups is 2. The number of benzene rings is 5. The molecule has 262 valence electrons. The fourth-order valence-electron chi connectivity index (χ4n) is 4.40. The van der Waals surface area contributed by atoms with Crippen LogP contribution < -0.4 is 10.9 Å². The highest BCUT2D eigenvalue weighted by Crippen LogP contribution is 2.30. The van der Waals surface area contributed by atoms with Gasteiger partial charge >= 0.3 is 11.9 Å². The minimum absolute atomic E-state index is 0.0841. The maximum atomic E-state index is 12.5. The molecule has 0 aliphatic carbocycles. The van der Waals surface area contributed by atoms with Crippen LogP contribution in [0.5, 0.6) is 11.5 Å². The Labute approximate surface area is 294 Å². The Kier molecular flexibility index (Phi) is 11.0. The summed E-state index contributed by atoms with van der Waals surface area (Å²) in [6.07, 6.45) is 0. The van der Waals surface area contributed by atoms with Crippen molar-refractivity contribution in [3.63, 3.8) is 0 Å². The molecule has 7 N–H and O–H groups in total. The molecule has 0 amide bonds. The molecule has 0 saturated carbocycles. The second-order valence-electron chi connectivity index (χ2n) is 10.4. The molecule has 0 atom stereocenters. The van der Waals surface area contributed by atoms with E-state index in [2.05, 4.69) is 41.5 Å². The maximum absolute atomic E-state index is 12.5. The molecule has 17 nitrogen and oxygen atoms in total. The van der Waals surface area contributed by atoms with Gasteiger partial charge in [0.2, 0.25) is 11.7 Å². The first kappa shape index (κ1) is 36.0. The van der Waals surface area contributed by atoms with Gasteiger partial charge in [0.25, 0.3) is 10.1 Å². The van der Waals surface area contributed by atoms with E-state index in [9.17, 15) is 43.0 Å². The molecule has 0 heterocycles. The molecular formula is C34H26N8O9S. The zero-order chi connectivity index (χ0) is 37.3. The molecule has 0 fully saturated rings. The average Bonchev–Trinajstić information content (AvgIpc) is 3.11. The number of rotatable bonds is 11. The van der Waals surface area contributed by atoms with Crippen molar-refractivity contribution in [2.75, 3.05) is 10.9 Å². The molecule has 18 heteroatoms. The van der Waals surface area contributed by atoms with Gasteiger partial charge in [0.15, 0.2) is 0 Å². The van der Waals surface area contributed by atoms with E-state index in [1.165, 1.54) is 97.1 Å². The number of aromatic hydroxyl groups is 2. The molecule has 0 radical (unpaired) electrons. The molecule has 0 spiro atoms. The third-order valence-electron chi connectivity index (χ3n) is 6.82. The number of phenols is 2. The first-order valence-electron chi connectivity index (χ1n) is 14.7. The molecular weight excluding hydrogens is 696 g/mol. The van der Waals surface area contributed by atoms with Gasteiger partial charge in [-0.05, 0) is 66.7 Å². The Bertz CT molecular complexity index is 2400. The van der Waals surface area contributed by atoms with Crippen LogP contribution in [-0.4, -0.2) is 57.0 Å². The van der Waals surface area contributed by atoms with Crippen LogP contribution in [0, 0.1) is 0 Å². The summed E-state index contributed by atoms with van der Waals surface area (Å²) in [6, 6.07) is 26.7. The Balaban J connectivity index is 1.51. The third-order valence-corrected chi connectivity index (χ3v) is 7.70. The maximum Gasteiger partial charge on any atom is 0.337 e. The Morgan fingerprint density at radius 1 is 0.577 bits per heavy atom. The van der Waals surface area contributed by atoms with Gasteiger partial charge in [-0.3, -0.25) is 15.4 Å². The molecule has 0 bridgehead atoms. The van der Waals surface area contributed by atoms with Crippen LogP contribution in [0.2, 0.25) is 0 Å². The summed E-state index contributed by atoms with van der Waals surface area (Å²) < 4.78 is 35.0. The van der Waals surface area contributed by atoms with E-state index in [4.69, 9.17) is 0 Å². The quantitative estimate of drug-likeness (QED) is 0.0243. The van der Waals surface area contributed by atoms with E-state index >= 15 is 0 Å². The molecule has 0 unspecified atom stereocenters. The lowest BCUT2D eigenvalue weighted by atomic mass is 10.2. The number of nitrogens with zero attached hydrogens (tertiary/aromatic N) is 6. The van der Waals surface area contributed by atoms with E-state index in [0.717, 1.165) is 6.07 Å². The fourth-order valence-corrected chi connectivity index (χ4v) is 5.04. The van der Waals surface area contributed by atoms with Crippen molar-refractivity contribution in [2.45, 2.75) is 4.90 Å². The number of hydrogen-bond acceptors (Lipinski definition) is 12. The van der Waals surface area contributed by atoms with Crippen molar-refractivity contribution >= 4 is 56.5 Å². The van der Waals surface area contributed by atoms with Gasteiger partial charge in [-0.25, -0.2) is 9.59 Å². The molecule has 5 aromatic rings. The normalized spacial score (nSPS) is 12.2. The third kappa shape index (κ3) is 9.22. The minimum Gasteiger partial charge on any atom is -0.508 e. The molecule has 5 rings (SSSR count). The number of hydrogen-bond donors (Lipinski definition) is 7. The van der Waals surface area contributed by atoms with E-state index in [0.29, 0.717) is 0 Å². The number of aromatic carboxylic acids is 2. The lowest BCUT2D eigenvalue weighted by molar-refractivity contribution is 0.0687. The van der Waals surface area contributed by atoms with Crippen molar-refractivity contribution < 1.29 is 43.0 Å². The summed E-state index contributed by atoms with van der Waals surface area (Å²) in [4.78, 5) is 22.6. The van der Waals surface area contributed by atoms with Gasteiger partial charge in [0.1, 0.15) is 22.1 Å². The van der Waals surface area contributed by atoms with Crippen LogP contribution in [0.1, 0.15) is 31.8 Å². The summed E-state index contributed by atoms with van der Waals surface area (Å²) >= 11 is 0. The highest BCUT2D eigenvalue weighted by Gasteiger charge is 2.18.